The summed E-state index contributed by atoms with van der Waals surface area (Å²) >= 11 is 0. The Morgan fingerprint density at radius 1 is 1.26 bits per heavy atom. The highest BCUT2D eigenvalue weighted by Crippen LogP contribution is 2.36. The van der Waals surface area contributed by atoms with Crippen LogP contribution in [-0.4, -0.2) is 53.3 Å². The third kappa shape index (κ3) is 3.51. The molecule has 23 heavy (non-hydrogen) atoms. The molecule has 1 saturated heterocycles. The summed E-state index contributed by atoms with van der Waals surface area (Å²) in [7, 11) is 0. The second-order valence-electron chi connectivity index (χ2n) is 6.72. The molecular weight excluding hydrogens is 300 g/mol. The molecule has 0 aromatic heterocycles. The van der Waals surface area contributed by atoms with Crippen LogP contribution in [0.5, 0.6) is 11.5 Å². The molecule has 7 heteroatoms. The average Bonchev–Trinajstić information content (AvgIpc) is 2.93. The summed E-state index contributed by atoms with van der Waals surface area (Å²) in [6.45, 7) is 6.85. The molecule has 7 nitrogen and oxygen atoms in total. The Morgan fingerprint density at radius 2 is 2.00 bits per heavy atom. The Balaban J connectivity index is 1.75. The van der Waals surface area contributed by atoms with E-state index in [-0.39, 0.29) is 18.9 Å². The van der Waals surface area contributed by atoms with Gasteiger partial charge in [0, 0.05) is 19.6 Å². The van der Waals surface area contributed by atoms with Crippen LogP contribution in [0.1, 0.15) is 32.4 Å². The number of rotatable bonds is 1. The molecule has 1 fully saturated rings. The molecule has 1 aromatic rings. The summed E-state index contributed by atoms with van der Waals surface area (Å²) in [5, 5.41) is 11.4. The number of benzene rings is 1. The van der Waals surface area contributed by atoms with Gasteiger partial charge in [-0.15, -0.1) is 0 Å². The van der Waals surface area contributed by atoms with Gasteiger partial charge < -0.3 is 24.3 Å². The fourth-order valence-electron chi connectivity index (χ4n) is 2.66. The van der Waals surface area contributed by atoms with Gasteiger partial charge in [0.15, 0.2) is 11.5 Å². The molecule has 0 saturated carbocycles. The number of carbonyl (C=O) groups is 1. The normalized spacial score (nSPS) is 21.4. The standard InChI is InChI=1S/C16H22N2O5/c1-16(2,3)23-15(19)17-6-7-18(20)12(9-17)11-4-5-13-14(8-11)22-10-21-13/h4-5,8,12,20H,6-7,9-10H2,1-3H3. The highest BCUT2D eigenvalue weighted by Gasteiger charge is 2.33. The van der Waals surface area contributed by atoms with Crippen LogP contribution in [-0.2, 0) is 4.74 Å². The van der Waals surface area contributed by atoms with E-state index in [4.69, 9.17) is 14.2 Å². The number of ether oxygens (including phenoxy) is 3. The highest BCUT2D eigenvalue weighted by atomic mass is 16.7. The van der Waals surface area contributed by atoms with Crippen LogP contribution < -0.4 is 9.47 Å². The summed E-state index contributed by atoms with van der Waals surface area (Å²) in [6.07, 6.45) is -0.364. The van der Waals surface area contributed by atoms with Gasteiger partial charge in [-0.3, -0.25) is 0 Å². The van der Waals surface area contributed by atoms with E-state index < -0.39 is 5.60 Å². The van der Waals surface area contributed by atoms with Gasteiger partial charge in [-0.05, 0) is 38.5 Å². The van der Waals surface area contributed by atoms with Crippen LogP contribution in [0.2, 0.25) is 0 Å². The Bertz CT molecular complexity index is 599. The summed E-state index contributed by atoms with van der Waals surface area (Å²) in [5.41, 5.74) is 0.326. The fraction of sp³-hybridized carbons (Fsp3) is 0.562. The van der Waals surface area contributed by atoms with Crippen molar-refractivity contribution in [1.29, 1.82) is 0 Å². The van der Waals surface area contributed by atoms with Crippen LogP contribution in [0.3, 0.4) is 0 Å². The van der Waals surface area contributed by atoms with Gasteiger partial charge in [-0.25, -0.2) is 4.79 Å². The molecule has 0 bridgehead atoms. The quantitative estimate of drug-likeness (QED) is 0.856. The number of fused-ring (bicyclic) bond motifs is 1. The third-order valence-corrected chi connectivity index (χ3v) is 3.79. The van der Waals surface area contributed by atoms with E-state index in [0.717, 1.165) is 5.56 Å². The summed E-state index contributed by atoms with van der Waals surface area (Å²) in [4.78, 5) is 13.9. The molecule has 1 atom stereocenters. The molecule has 0 radical (unpaired) electrons. The van der Waals surface area contributed by atoms with Crippen molar-refractivity contribution < 1.29 is 24.2 Å². The van der Waals surface area contributed by atoms with Crippen molar-refractivity contribution in [3.05, 3.63) is 23.8 Å². The minimum atomic E-state index is -0.540. The first kappa shape index (κ1) is 15.9. The highest BCUT2D eigenvalue weighted by molar-refractivity contribution is 5.68. The van der Waals surface area contributed by atoms with E-state index in [9.17, 15) is 10.0 Å². The maximum Gasteiger partial charge on any atom is 0.410 e. The second kappa shape index (κ2) is 5.90. The van der Waals surface area contributed by atoms with E-state index in [1.54, 1.807) is 4.90 Å². The molecule has 1 unspecified atom stereocenters. The SMILES string of the molecule is CC(C)(C)OC(=O)N1CCN(O)C(c2ccc3c(c2)OCO3)C1. The summed E-state index contributed by atoms with van der Waals surface area (Å²) < 4.78 is 16.1. The molecule has 2 heterocycles. The number of nitrogens with zero attached hydrogens (tertiary/aromatic N) is 2. The fourth-order valence-corrected chi connectivity index (χ4v) is 2.66. The Hall–Kier alpha value is -1.99. The van der Waals surface area contributed by atoms with Gasteiger partial charge in [-0.1, -0.05) is 6.07 Å². The Labute approximate surface area is 135 Å². The number of hydrogen-bond acceptors (Lipinski definition) is 6. The van der Waals surface area contributed by atoms with Gasteiger partial charge in [0.05, 0.1) is 6.04 Å². The zero-order valence-electron chi connectivity index (χ0n) is 13.6. The van der Waals surface area contributed by atoms with Gasteiger partial charge in [-0.2, -0.15) is 5.06 Å². The molecule has 0 spiro atoms. The largest absolute Gasteiger partial charge is 0.454 e. The van der Waals surface area contributed by atoms with Crippen molar-refractivity contribution in [2.45, 2.75) is 32.4 Å². The van der Waals surface area contributed by atoms with Crippen LogP contribution in [0.25, 0.3) is 0 Å². The predicted molar refractivity (Wildman–Crippen MR) is 81.6 cm³/mol. The van der Waals surface area contributed by atoms with E-state index in [1.165, 1.54) is 5.06 Å². The Morgan fingerprint density at radius 3 is 2.74 bits per heavy atom. The smallest absolute Gasteiger partial charge is 0.410 e. The van der Waals surface area contributed by atoms with E-state index in [1.807, 2.05) is 39.0 Å². The predicted octanol–water partition coefficient (Wildman–Crippen LogP) is 2.40. The molecule has 0 aliphatic carbocycles. The van der Waals surface area contributed by atoms with Crippen LogP contribution in [0.4, 0.5) is 4.79 Å². The molecule has 2 aliphatic heterocycles. The molecule has 2 aliphatic rings. The average molecular weight is 322 g/mol. The molecule has 1 N–H and O–H groups in total. The minimum Gasteiger partial charge on any atom is -0.454 e. The van der Waals surface area contributed by atoms with E-state index in [0.29, 0.717) is 31.1 Å². The van der Waals surface area contributed by atoms with Crippen molar-refractivity contribution in [3.63, 3.8) is 0 Å². The third-order valence-electron chi connectivity index (χ3n) is 3.79. The molecule has 126 valence electrons. The van der Waals surface area contributed by atoms with Gasteiger partial charge in [0.25, 0.3) is 0 Å². The molecule has 3 rings (SSSR count). The van der Waals surface area contributed by atoms with E-state index >= 15 is 0 Å². The lowest BCUT2D eigenvalue weighted by Crippen LogP contribution is -2.50. The maximum atomic E-state index is 12.2. The number of amides is 1. The van der Waals surface area contributed by atoms with Gasteiger partial charge >= 0.3 is 6.09 Å². The first-order chi connectivity index (χ1) is 10.8. The first-order valence-corrected chi connectivity index (χ1v) is 7.66. The van der Waals surface area contributed by atoms with Crippen molar-refractivity contribution in [3.8, 4) is 11.5 Å². The van der Waals surface area contributed by atoms with Crippen LogP contribution >= 0.6 is 0 Å². The van der Waals surface area contributed by atoms with Crippen molar-refractivity contribution in [2.75, 3.05) is 26.4 Å². The summed E-state index contributed by atoms with van der Waals surface area (Å²) in [6, 6.07) is 5.21. The van der Waals surface area contributed by atoms with Gasteiger partial charge in [0.1, 0.15) is 5.60 Å². The second-order valence-corrected chi connectivity index (χ2v) is 6.72. The monoisotopic (exact) mass is 322 g/mol. The minimum absolute atomic E-state index is 0.205. The lowest BCUT2D eigenvalue weighted by molar-refractivity contribution is -0.155. The summed E-state index contributed by atoms with van der Waals surface area (Å²) in [5.74, 6) is 1.35. The van der Waals surface area contributed by atoms with Crippen molar-refractivity contribution in [1.82, 2.24) is 9.96 Å². The first-order valence-electron chi connectivity index (χ1n) is 7.66. The van der Waals surface area contributed by atoms with Gasteiger partial charge in [0.2, 0.25) is 6.79 Å². The molecular formula is C16H22N2O5. The number of hydroxylamine groups is 2. The van der Waals surface area contributed by atoms with Crippen LogP contribution in [0, 0.1) is 0 Å². The number of carbonyl (C=O) groups excluding carboxylic acids is 1. The molecule has 1 aromatic carbocycles. The zero-order chi connectivity index (χ0) is 16.6. The topological polar surface area (TPSA) is 71.5 Å². The molecule has 1 amide bonds. The van der Waals surface area contributed by atoms with Crippen molar-refractivity contribution in [2.24, 2.45) is 0 Å². The van der Waals surface area contributed by atoms with E-state index in [2.05, 4.69) is 0 Å². The lowest BCUT2D eigenvalue weighted by atomic mass is 10.0. The Kier molecular flexibility index (Phi) is 4.08. The lowest BCUT2D eigenvalue weighted by Gasteiger charge is -2.38. The number of hydrogen-bond donors (Lipinski definition) is 1. The maximum absolute atomic E-state index is 12.2. The number of piperazine rings is 1. The zero-order valence-corrected chi connectivity index (χ0v) is 13.6. The van der Waals surface area contributed by atoms with Crippen molar-refractivity contribution >= 4 is 6.09 Å². The van der Waals surface area contributed by atoms with Crippen LogP contribution in [0.15, 0.2) is 18.2 Å².